The highest BCUT2D eigenvalue weighted by molar-refractivity contribution is 9.10. The third-order valence-corrected chi connectivity index (χ3v) is 5.00. The van der Waals surface area contributed by atoms with Crippen LogP contribution in [0.2, 0.25) is 0 Å². The summed E-state index contributed by atoms with van der Waals surface area (Å²) in [5, 5.41) is 25.9. The number of rotatable bonds is 3. The summed E-state index contributed by atoms with van der Waals surface area (Å²) in [5.74, 6) is -1.02. The zero-order valence-electron chi connectivity index (χ0n) is 11.3. The molecule has 0 atom stereocenters. The van der Waals surface area contributed by atoms with Crippen LogP contribution in [-0.2, 0) is 4.79 Å². The minimum Gasteiger partial charge on any atom is -0.479 e. The standard InChI is InChI=1S/C13H16BrN3O4/c14-8-9(7-1-2-7)15-16-10(8)11(18)17-5-3-13(21,4-6-17)12(19)20/h7,21H,1-6H2,(H,15,16)(H,19,20). The molecule has 1 saturated carbocycles. The largest absolute Gasteiger partial charge is 0.479 e. The second-order valence-electron chi connectivity index (χ2n) is 5.70. The summed E-state index contributed by atoms with van der Waals surface area (Å²) in [6.45, 7) is 0.416. The lowest BCUT2D eigenvalue weighted by Gasteiger charge is -2.35. The van der Waals surface area contributed by atoms with E-state index in [4.69, 9.17) is 5.11 Å². The van der Waals surface area contributed by atoms with Gasteiger partial charge in [0.25, 0.3) is 5.91 Å². The van der Waals surface area contributed by atoms with E-state index in [2.05, 4.69) is 26.1 Å². The molecule has 0 aromatic carbocycles. The molecule has 2 heterocycles. The molecule has 3 rings (SSSR count). The summed E-state index contributed by atoms with van der Waals surface area (Å²) in [4.78, 5) is 25.0. The van der Waals surface area contributed by atoms with Gasteiger partial charge in [0.05, 0.1) is 10.2 Å². The molecule has 1 aromatic rings. The number of halogens is 1. The van der Waals surface area contributed by atoms with Gasteiger partial charge in [-0.3, -0.25) is 9.89 Å². The normalized spacial score (nSPS) is 21.3. The number of amides is 1. The molecule has 1 aromatic heterocycles. The number of carboxylic acid groups (broad SMARTS) is 1. The molecule has 1 amide bonds. The Hall–Kier alpha value is -1.41. The van der Waals surface area contributed by atoms with Crippen LogP contribution in [-0.4, -0.2) is 55.9 Å². The highest BCUT2D eigenvalue weighted by atomic mass is 79.9. The molecule has 0 bridgehead atoms. The predicted octanol–water partition coefficient (Wildman–Crippen LogP) is 1.10. The van der Waals surface area contributed by atoms with Gasteiger partial charge in [-0.05, 0) is 28.8 Å². The van der Waals surface area contributed by atoms with Gasteiger partial charge in [0.2, 0.25) is 0 Å². The predicted molar refractivity (Wildman–Crippen MR) is 76.0 cm³/mol. The molecule has 0 unspecified atom stereocenters. The molecular weight excluding hydrogens is 342 g/mol. The Morgan fingerprint density at radius 1 is 1.33 bits per heavy atom. The van der Waals surface area contributed by atoms with Crippen LogP contribution in [0.15, 0.2) is 4.47 Å². The molecule has 114 valence electrons. The number of aromatic amines is 1. The van der Waals surface area contributed by atoms with Crippen molar-refractivity contribution in [3.63, 3.8) is 0 Å². The number of carbonyl (C=O) groups excluding carboxylic acids is 1. The van der Waals surface area contributed by atoms with Crippen molar-refractivity contribution in [3.8, 4) is 0 Å². The van der Waals surface area contributed by atoms with Crippen molar-refractivity contribution in [2.75, 3.05) is 13.1 Å². The number of nitrogens with one attached hydrogen (secondary N) is 1. The van der Waals surface area contributed by atoms with Crippen LogP contribution in [0.3, 0.4) is 0 Å². The lowest BCUT2D eigenvalue weighted by atomic mass is 9.91. The Morgan fingerprint density at radius 2 is 1.95 bits per heavy atom. The van der Waals surface area contributed by atoms with Gasteiger partial charge in [-0.15, -0.1) is 0 Å². The highest BCUT2D eigenvalue weighted by Gasteiger charge is 2.41. The van der Waals surface area contributed by atoms with Crippen LogP contribution in [0.1, 0.15) is 47.8 Å². The topological polar surface area (TPSA) is 107 Å². The molecule has 3 N–H and O–H groups in total. The number of aliphatic carboxylic acids is 1. The first kappa shape index (κ1) is 14.5. The summed E-state index contributed by atoms with van der Waals surface area (Å²) < 4.78 is 0.703. The van der Waals surface area contributed by atoms with Crippen molar-refractivity contribution >= 4 is 27.8 Å². The molecule has 1 saturated heterocycles. The van der Waals surface area contributed by atoms with Crippen LogP contribution in [0.25, 0.3) is 0 Å². The second kappa shape index (κ2) is 5.10. The fourth-order valence-electron chi connectivity index (χ4n) is 2.57. The van der Waals surface area contributed by atoms with E-state index in [0.717, 1.165) is 18.5 Å². The number of hydrogen-bond acceptors (Lipinski definition) is 4. The van der Waals surface area contributed by atoms with Crippen LogP contribution in [0.5, 0.6) is 0 Å². The van der Waals surface area contributed by atoms with Crippen molar-refractivity contribution in [1.82, 2.24) is 15.1 Å². The molecule has 21 heavy (non-hydrogen) atoms. The molecule has 0 spiro atoms. The van der Waals surface area contributed by atoms with Gasteiger partial charge in [-0.1, -0.05) is 0 Å². The van der Waals surface area contributed by atoms with Gasteiger partial charge in [-0.2, -0.15) is 5.10 Å². The minimum atomic E-state index is -1.72. The van der Waals surface area contributed by atoms with Crippen LogP contribution < -0.4 is 0 Å². The minimum absolute atomic E-state index is 0.0333. The number of aromatic nitrogens is 2. The maximum atomic E-state index is 12.4. The Kier molecular flexibility index (Phi) is 3.53. The number of nitrogens with zero attached hydrogens (tertiary/aromatic N) is 2. The van der Waals surface area contributed by atoms with E-state index in [0.29, 0.717) is 16.1 Å². The molecule has 0 radical (unpaired) electrons. The highest BCUT2D eigenvalue weighted by Crippen LogP contribution is 2.43. The average Bonchev–Trinajstić information content (AvgIpc) is 3.22. The average molecular weight is 358 g/mol. The van der Waals surface area contributed by atoms with Crippen LogP contribution in [0.4, 0.5) is 0 Å². The van der Waals surface area contributed by atoms with Crippen molar-refractivity contribution in [2.24, 2.45) is 0 Å². The maximum absolute atomic E-state index is 12.4. The van der Waals surface area contributed by atoms with E-state index < -0.39 is 11.6 Å². The van der Waals surface area contributed by atoms with E-state index in [-0.39, 0.29) is 31.8 Å². The number of hydrogen-bond donors (Lipinski definition) is 3. The first-order valence-electron chi connectivity index (χ1n) is 6.91. The number of carboxylic acids is 1. The van der Waals surface area contributed by atoms with Gasteiger partial charge in [0.1, 0.15) is 0 Å². The van der Waals surface area contributed by atoms with E-state index in [9.17, 15) is 14.7 Å². The van der Waals surface area contributed by atoms with Gasteiger partial charge < -0.3 is 15.1 Å². The number of piperidine rings is 1. The lowest BCUT2D eigenvalue weighted by molar-refractivity contribution is -0.162. The quantitative estimate of drug-likeness (QED) is 0.750. The third-order valence-electron chi connectivity index (χ3n) is 4.20. The fraction of sp³-hybridized carbons (Fsp3) is 0.615. The van der Waals surface area contributed by atoms with E-state index in [1.54, 1.807) is 0 Å². The molecular formula is C13H16BrN3O4. The van der Waals surface area contributed by atoms with Gasteiger partial charge >= 0.3 is 5.97 Å². The number of aliphatic hydroxyl groups is 1. The monoisotopic (exact) mass is 357 g/mol. The van der Waals surface area contributed by atoms with E-state index in [1.165, 1.54) is 4.90 Å². The molecule has 2 aliphatic rings. The molecule has 7 nitrogen and oxygen atoms in total. The van der Waals surface area contributed by atoms with Crippen LogP contribution >= 0.6 is 15.9 Å². The molecule has 1 aliphatic heterocycles. The number of carbonyl (C=O) groups is 2. The number of H-pyrrole nitrogens is 1. The Morgan fingerprint density at radius 3 is 2.48 bits per heavy atom. The Labute approximate surface area is 129 Å². The third kappa shape index (κ3) is 2.57. The zero-order chi connectivity index (χ0) is 15.2. The number of likely N-dealkylation sites (tertiary alicyclic amines) is 1. The Balaban J connectivity index is 1.71. The fourth-order valence-corrected chi connectivity index (χ4v) is 3.24. The second-order valence-corrected chi connectivity index (χ2v) is 6.50. The summed E-state index contributed by atoms with van der Waals surface area (Å²) >= 11 is 3.42. The van der Waals surface area contributed by atoms with Gasteiger partial charge in [0.15, 0.2) is 11.3 Å². The summed E-state index contributed by atoms with van der Waals surface area (Å²) in [6, 6.07) is 0. The molecule has 2 fully saturated rings. The van der Waals surface area contributed by atoms with E-state index >= 15 is 0 Å². The van der Waals surface area contributed by atoms with Gasteiger partial charge in [-0.25, -0.2) is 4.79 Å². The van der Waals surface area contributed by atoms with Crippen molar-refractivity contribution in [2.45, 2.75) is 37.2 Å². The summed E-state index contributed by atoms with van der Waals surface area (Å²) in [6.07, 6.45) is 2.27. The zero-order valence-corrected chi connectivity index (χ0v) is 12.9. The van der Waals surface area contributed by atoms with Gasteiger partial charge in [0, 0.05) is 31.8 Å². The first-order valence-corrected chi connectivity index (χ1v) is 7.70. The smallest absolute Gasteiger partial charge is 0.335 e. The summed E-state index contributed by atoms with van der Waals surface area (Å²) in [7, 11) is 0. The maximum Gasteiger partial charge on any atom is 0.335 e. The Bertz CT molecular complexity index is 588. The first-order chi connectivity index (χ1) is 9.92. The molecule has 8 heteroatoms. The molecule has 1 aliphatic carbocycles. The van der Waals surface area contributed by atoms with E-state index in [1.807, 2.05) is 0 Å². The van der Waals surface area contributed by atoms with Crippen LogP contribution in [0, 0.1) is 0 Å². The van der Waals surface area contributed by atoms with Crippen molar-refractivity contribution < 1.29 is 19.8 Å². The van der Waals surface area contributed by atoms with Crippen molar-refractivity contribution in [3.05, 3.63) is 15.9 Å². The summed E-state index contributed by atoms with van der Waals surface area (Å²) in [5.41, 5.74) is -0.436. The lowest BCUT2D eigenvalue weighted by Crippen LogP contribution is -2.50. The van der Waals surface area contributed by atoms with Crippen molar-refractivity contribution in [1.29, 1.82) is 0 Å². The SMILES string of the molecule is O=C(c1n[nH]c(C2CC2)c1Br)N1CCC(O)(C(=O)O)CC1.